The molecular weight excluding hydrogens is 604 g/mol. The summed E-state index contributed by atoms with van der Waals surface area (Å²) in [7, 11) is 0. The first-order valence-corrected chi connectivity index (χ1v) is 14.9. The van der Waals surface area contributed by atoms with E-state index in [4.69, 9.17) is 0 Å². The number of amides is 2. The SMILES string of the molecule is C=IC(F)(F)c1ccc(CNC(=O)C2(c3cc#ccc3)CCN(C(=O)CCc3ccc(F)cc3)CC2)cc1. The van der Waals surface area contributed by atoms with Crippen LogP contribution in [0.25, 0.3) is 0 Å². The van der Waals surface area contributed by atoms with Gasteiger partial charge < -0.3 is 10.2 Å². The highest BCUT2D eigenvalue weighted by molar-refractivity contribution is 14.2. The highest BCUT2D eigenvalue weighted by Gasteiger charge is 2.43. The molecule has 38 heavy (non-hydrogen) atoms. The monoisotopic (exact) mass is 632 g/mol. The molecule has 1 aliphatic heterocycles. The van der Waals surface area contributed by atoms with Crippen LogP contribution in [0.5, 0.6) is 0 Å². The molecule has 0 aromatic heterocycles. The number of piperidine rings is 1. The summed E-state index contributed by atoms with van der Waals surface area (Å²) in [6.07, 6.45) is 1.71. The Morgan fingerprint density at radius 3 is 2.26 bits per heavy atom. The second-order valence-corrected chi connectivity index (χ2v) is 11.4. The van der Waals surface area contributed by atoms with E-state index in [1.807, 2.05) is 6.07 Å². The molecule has 8 heteroatoms. The maximum absolute atomic E-state index is 13.9. The molecule has 0 unspecified atom stereocenters. The number of aryl methyl sites for hydroxylation is 1. The molecule has 3 aromatic rings. The lowest BCUT2D eigenvalue weighted by atomic mass is 9.72. The number of benzene rings is 2. The molecule has 2 amide bonds. The summed E-state index contributed by atoms with van der Waals surface area (Å²) >= 11 is -1.51. The van der Waals surface area contributed by atoms with Gasteiger partial charge >= 0.3 is 3.93 Å². The Bertz CT molecular complexity index is 1260. The minimum absolute atomic E-state index is 0.00196. The summed E-state index contributed by atoms with van der Waals surface area (Å²) in [4.78, 5) is 28.2. The average molecular weight is 632 g/mol. The molecule has 0 aliphatic carbocycles. The minimum Gasteiger partial charge on any atom is -0.351 e. The number of hydrogen-bond acceptors (Lipinski definition) is 2. The van der Waals surface area contributed by atoms with Crippen LogP contribution in [-0.2, 0) is 31.9 Å². The Hall–Kier alpha value is -3.19. The number of likely N-dealkylation sites (tertiary alicyclic amines) is 1. The van der Waals surface area contributed by atoms with E-state index < -0.39 is 30.1 Å². The van der Waals surface area contributed by atoms with Crippen molar-refractivity contribution in [2.45, 2.75) is 41.6 Å². The fourth-order valence-electron chi connectivity index (χ4n) is 4.73. The smallest absolute Gasteiger partial charge is 0.316 e. The fraction of sp³-hybridized carbons (Fsp3) is 0.300. The molecule has 0 bridgehead atoms. The van der Waals surface area contributed by atoms with E-state index in [0.717, 1.165) is 16.7 Å². The molecular formula is C30H28F3IN2O2. The van der Waals surface area contributed by atoms with Gasteiger partial charge in [-0.15, -0.1) is 0 Å². The molecule has 4 rings (SSSR count). The van der Waals surface area contributed by atoms with Gasteiger partial charge in [-0.1, -0.05) is 53.0 Å². The number of carbonyl (C=O) groups excluding carboxylic acids is 2. The first-order chi connectivity index (χ1) is 18.2. The van der Waals surface area contributed by atoms with E-state index in [0.29, 0.717) is 38.8 Å². The van der Waals surface area contributed by atoms with E-state index in [2.05, 4.69) is 22.0 Å². The average Bonchev–Trinajstić information content (AvgIpc) is 2.96. The minimum atomic E-state index is -2.88. The molecule has 1 fully saturated rings. The molecule has 198 valence electrons. The summed E-state index contributed by atoms with van der Waals surface area (Å²) < 4.78 is 41.5. The summed E-state index contributed by atoms with van der Waals surface area (Å²) in [5.74, 6) is -0.485. The van der Waals surface area contributed by atoms with Crippen molar-refractivity contribution in [1.29, 1.82) is 0 Å². The van der Waals surface area contributed by atoms with E-state index in [9.17, 15) is 22.8 Å². The van der Waals surface area contributed by atoms with Crippen molar-refractivity contribution in [3.05, 3.63) is 107 Å². The maximum atomic E-state index is 13.9. The van der Waals surface area contributed by atoms with Gasteiger partial charge in [0.05, 0.1) is 5.41 Å². The molecule has 4 nitrogen and oxygen atoms in total. The normalized spacial score (nSPS) is 15.0. The third-order valence-corrected chi connectivity index (χ3v) is 8.64. The van der Waals surface area contributed by atoms with Crippen molar-refractivity contribution in [2.75, 3.05) is 13.1 Å². The highest BCUT2D eigenvalue weighted by Crippen LogP contribution is 2.39. The molecule has 0 saturated carbocycles. The predicted octanol–water partition coefficient (Wildman–Crippen LogP) is 5.69. The lowest BCUT2D eigenvalue weighted by Crippen LogP contribution is -2.52. The zero-order chi connectivity index (χ0) is 27.2. The Morgan fingerprint density at radius 2 is 1.66 bits per heavy atom. The standard InChI is InChI=1S/C30H28F3IN2O2/c1-34-30(32,33)25-12-7-23(8-13-25)21-35-28(38)29(24-5-3-2-4-6-24)17-19-36(20-18-29)27(37)16-11-22-9-14-26(31)15-10-22/h3,5-10,12-15H,1,11,16-21H2,(H,35,38). The third kappa shape index (κ3) is 6.44. The van der Waals surface area contributed by atoms with Gasteiger partial charge in [-0.3, -0.25) is 9.59 Å². The van der Waals surface area contributed by atoms with Crippen LogP contribution < -0.4 is 5.32 Å². The van der Waals surface area contributed by atoms with E-state index in [1.54, 1.807) is 41.3 Å². The number of alkyl halides is 3. The molecule has 3 aromatic carbocycles. The Kier molecular flexibility index (Phi) is 8.87. The van der Waals surface area contributed by atoms with Crippen LogP contribution in [0.15, 0.2) is 66.7 Å². The lowest BCUT2D eigenvalue weighted by Gasteiger charge is -2.41. The summed E-state index contributed by atoms with van der Waals surface area (Å²) in [6, 6.07) is 23.2. The molecule has 1 heterocycles. The Labute approximate surface area is 231 Å². The van der Waals surface area contributed by atoms with Gasteiger partial charge in [-0.2, -0.15) is 8.78 Å². The largest absolute Gasteiger partial charge is 0.351 e. The summed E-state index contributed by atoms with van der Waals surface area (Å²) in [6.45, 7) is 1.05. The van der Waals surface area contributed by atoms with Gasteiger partial charge in [0, 0.05) is 31.6 Å². The van der Waals surface area contributed by atoms with Gasteiger partial charge in [0.2, 0.25) is 11.8 Å². The van der Waals surface area contributed by atoms with Crippen LogP contribution >= 0.6 is 20.7 Å². The molecule has 0 atom stereocenters. The van der Waals surface area contributed by atoms with Crippen molar-refractivity contribution in [3.63, 3.8) is 0 Å². The molecule has 0 spiro atoms. The molecule has 0 radical (unpaired) electrons. The van der Waals surface area contributed by atoms with Crippen LogP contribution in [0.3, 0.4) is 0 Å². The highest BCUT2D eigenvalue weighted by atomic mass is 127. The van der Waals surface area contributed by atoms with Crippen molar-refractivity contribution in [1.82, 2.24) is 10.2 Å². The number of nitrogens with one attached hydrogen (secondary N) is 1. The maximum Gasteiger partial charge on any atom is 0.316 e. The molecule has 1 aliphatic rings. The van der Waals surface area contributed by atoms with Gasteiger partial charge in [0.15, 0.2) is 0 Å². The molecule has 1 N–H and O–H groups in total. The van der Waals surface area contributed by atoms with Crippen LogP contribution in [0.1, 0.15) is 41.5 Å². The second kappa shape index (κ2) is 12.1. The number of rotatable bonds is 9. The Morgan fingerprint density at radius 1 is 1.00 bits per heavy atom. The van der Waals surface area contributed by atoms with E-state index >= 15 is 0 Å². The molecule has 1 saturated heterocycles. The predicted molar refractivity (Wildman–Crippen MR) is 150 cm³/mol. The van der Waals surface area contributed by atoms with Gasteiger partial charge in [-0.25, -0.2) is 4.39 Å². The summed E-state index contributed by atoms with van der Waals surface area (Å²) in [5.41, 5.74) is 1.52. The number of halogens is 4. The van der Waals surface area contributed by atoms with Crippen LogP contribution in [-0.4, -0.2) is 34.3 Å². The van der Waals surface area contributed by atoms with Gasteiger partial charge in [0.25, 0.3) is 0 Å². The van der Waals surface area contributed by atoms with Crippen molar-refractivity contribution >= 4 is 37.1 Å². The topological polar surface area (TPSA) is 49.4 Å². The first kappa shape index (κ1) is 27.8. The lowest BCUT2D eigenvalue weighted by molar-refractivity contribution is -0.137. The zero-order valence-electron chi connectivity index (χ0n) is 20.8. The van der Waals surface area contributed by atoms with Crippen LogP contribution in [0.2, 0.25) is 0 Å². The van der Waals surface area contributed by atoms with Crippen LogP contribution in [0.4, 0.5) is 13.2 Å². The Balaban J connectivity index is 1.40. The number of nitrogens with zero attached hydrogens (tertiary/aromatic N) is 1. The fourth-order valence-corrected chi connectivity index (χ4v) is 5.53. The third-order valence-electron chi connectivity index (χ3n) is 7.06. The van der Waals surface area contributed by atoms with Gasteiger partial charge in [0.1, 0.15) is 5.82 Å². The number of hydrogen-bond donors (Lipinski definition) is 1. The van der Waals surface area contributed by atoms with Crippen molar-refractivity contribution in [2.24, 2.45) is 0 Å². The van der Waals surface area contributed by atoms with Crippen LogP contribution in [0, 0.1) is 17.9 Å². The zero-order valence-corrected chi connectivity index (χ0v) is 22.9. The van der Waals surface area contributed by atoms with Crippen molar-refractivity contribution in [3.8, 4) is 0 Å². The summed E-state index contributed by atoms with van der Waals surface area (Å²) in [5, 5.41) is 2.99. The van der Waals surface area contributed by atoms with Gasteiger partial charge in [-0.05, 0) is 87.0 Å². The van der Waals surface area contributed by atoms with Crippen molar-refractivity contribution < 1.29 is 22.8 Å². The second-order valence-electron chi connectivity index (χ2n) is 9.32. The van der Waals surface area contributed by atoms with E-state index in [1.165, 1.54) is 24.3 Å². The first-order valence-electron chi connectivity index (χ1n) is 12.3. The van der Waals surface area contributed by atoms with E-state index in [-0.39, 0.29) is 29.7 Å². The number of carbonyl (C=O) groups is 2. The quantitative estimate of drug-likeness (QED) is 0.244.